The number of hydrogen-bond acceptors (Lipinski definition) is 18. The molecule has 3 atom stereocenters. The van der Waals surface area contributed by atoms with Crippen LogP contribution < -0.4 is 33.6 Å². The summed E-state index contributed by atoms with van der Waals surface area (Å²) < 4.78 is 7.71. The third kappa shape index (κ3) is 16.7. The summed E-state index contributed by atoms with van der Waals surface area (Å²) in [5.74, 6) is 7.29. The van der Waals surface area contributed by atoms with Gasteiger partial charge >= 0.3 is 5.97 Å². The van der Waals surface area contributed by atoms with E-state index in [2.05, 4.69) is 93.1 Å². The van der Waals surface area contributed by atoms with E-state index in [0.29, 0.717) is 21.3 Å². The van der Waals surface area contributed by atoms with Gasteiger partial charge in [0.2, 0.25) is 0 Å². The minimum atomic E-state index is -1.12. The highest BCUT2D eigenvalue weighted by molar-refractivity contribution is 6.36. The number of nitrogens with zero attached hydrogens (tertiary/aromatic N) is 16. The zero-order valence-corrected chi connectivity index (χ0v) is 62.3. The fourth-order valence-corrected chi connectivity index (χ4v) is 12.8. The SMILES string of the molecule is C#Cc1cnn(C)c1.CC(N)c1nc2cccc(Cl)c2cc1-c1ccccc1.CC(NC(=O)c1c(N)nn2cccnc12)c1nc2cccc(C#Cc3cnn(C)c3)c2cc1-c1ccccc1.CC(NC(=O)c1c(N)nn2cccnc12)c1nc2cccc(Cl)c2cc1-c1ccccc1.Nc1nn2cccnc2c1C(=O)O. The number of nitrogen functional groups attached to an aromatic ring is 3. The third-order valence-corrected chi connectivity index (χ3v) is 18.3. The van der Waals surface area contributed by atoms with Crippen LogP contribution in [0.3, 0.4) is 0 Å². The van der Waals surface area contributed by atoms with Crippen LogP contribution in [0.25, 0.3) is 83.0 Å². The molecule has 0 fully saturated rings. The number of halogens is 2. The van der Waals surface area contributed by atoms with Crippen molar-refractivity contribution in [3.05, 3.63) is 304 Å². The Morgan fingerprint density at radius 1 is 0.473 bits per heavy atom. The van der Waals surface area contributed by atoms with Gasteiger partial charge in [0.1, 0.15) is 16.7 Å². The van der Waals surface area contributed by atoms with Crippen molar-refractivity contribution in [1.82, 2.24) is 88.9 Å². The number of aromatic carboxylic acids is 1. The Hall–Kier alpha value is -14.7. The van der Waals surface area contributed by atoms with Crippen LogP contribution in [0, 0.1) is 24.2 Å². The zero-order valence-electron chi connectivity index (χ0n) is 60.8. The molecule has 0 aliphatic rings. The standard InChI is InChI=1S/C30H24N8O.C24H19ClN6O.C17H15ClN2.C7H6N4O2.C6H6N2/c1-19(34-30(39)26-28(31)36-38-15-7-14-32-29(26)38)27-24(21-8-4-3-5-9-21)16-23-22(10-6-11-25(23)35-27)13-12-20-17-33-37(2)18-20;1-14(28-24(32)20-22(26)30-31-12-6-11-27-23(20)31)21-16(15-7-3-2-4-8-15)13-17-18(25)9-5-10-19(17)29-21;1-11(19)17-13(12-6-3-2-4-7-12)10-14-15(18)8-5-9-16(14)20-17;8-5-4(7(12)13)6-9-2-1-3-11(6)10-5;1-3-6-4-7-8(2)5-6/h3-11,14-19H,1-2H3,(H2,31,36)(H,34,39);2-14H,1H3,(H2,26,30)(H,28,32);2-11H,19H2,1H3;1-3H,(H2,8,10)(H,12,13);1,4-5H,2H3. The summed E-state index contributed by atoms with van der Waals surface area (Å²) >= 11 is 12.7. The molecule has 2 amide bonds. The van der Waals surface area contributed by atoms with Gasteiger partial charge in [0.25, 0.3) is 11.8 Å². The van der Waals surface area contributed by atoms with E-state index in [4.69, 9.17) is 72.6 Å². The van der Waals surface area contributed by atoms with Gasteiger partial charge in [-0.2, -0.15) is 10.2 Å². The molecule has 0 bridgehead atoms. The fourth-order valence-electron chi connectivity index (χ4n) is 12.4. The van der Waals surface area contributed by atoms with Gasteiger partial charge in [-0.05, 0) is 110 Å². The second kappa shape index (κ2) is 33.6. The first-order valence-corrected chi connectivity index (χ1v) is 35.6. The van der Waals surface area contributed by atoms with E-state index >= 15 is 0 Å². The van der Waals surface area contributed by atoms with Crippen LogP contribution in [0.15, 0.2) is 244 Å². The first-order chi connectivity index (χ1) is 54.2. The molecule has 6 aromatic carbocycles. The predicted octanol–water partition coefficient (Wildman–Crippen LogP) is 13.8. The number of anilines is 3. The van der Waals surface area contributed by atoms with Crippen LogP contribution in [-0.2, 0) is 14.1 Å². The molecule has 0 spiro atoms. The lowest BCUT2D eigenvalue weighted by Crippen LogP contribution is -2.28. The summed E-state index contributed by atoms with van der Waals surface area (Å²) in [6, 6.07) is 57.5. The molecular formula is C84H70Cl2N22O4. The van der Waals surface area contributed by atoms with Gasteiger partial charge in [0.15, 0.2) is 34.4 Å². The molecule has 17 rings (SSSR count). The lowest BCUT2D eigenvalue weighted by Gasteiger charge is -2.19. The number of amides is 2. The lowest BCUT2D eigenvalue weighted by atomic mass is 9.96. The number of rotatable bonds is 11. The van der Waals surface area contributed by atoms with E-state index < -0.39 is 18.1 Å². The maximum Gasteiger partial charge on any atom is 0.343 e. The summed E-state index contributed by atoms with van der Waals surface area (Å²) in [5, 5.41) is 39.1. The van der Waals surface area contributed by atoms with E-state index in [-0.39, 0.29) is 57.6 Å². The molecule has 0 saturated heterocycles. The summed E-state index contributed by atoms with van der Waals surface area (Å²) in [6.45, 7) is 5.74. The maximum atomic E-state index is 13.4. The van der Waals surface area contributed by atoms with E-state index in [1.807, 2.05) is 181 Å². The van der Waals surface area contributed by atoms with Crippen molar-refractivity contribution in [2.24, 2.45) is 19.8 Å². The number of nitrogens with two attached hydrogens (primary N) is 4. The minimum absolute atomic E-state index is 0.0220. The number of aryl methyl sites for hydroxylation is 2. The molecule has 26 nitrogen and oxygen atoms in total. The molecule has 0 saturated carbocycles. The van der Waals surface area contributed by atoms with Crippen molar-refractivity contribution in [1.29, 1.82) is 0 Å². The summed E-state index contributed by atoms with van der Waals surface area (Å²) in [5.41, 5.74) is 38.2. The Morgan fingerprint density at radius 3 is 1.24 bits per heavy atom. The average Bonchev–Trinajstić information content (AvgIpc) is 1.11. The quantitative estimate of drug-likeness (QED) is 0.0591. The molecule has 0 radical (unpaired) electrons. The van der Waals surface area contributed by atoms with Gasteiger partial charge in [0, 0.05) is 118 Å². The van der Waals surface area contributed by atoms with Crippen molar-refractivity contribution in [2.75, 3.05) is 17.2 Å². The monoisotopic (exact) mass is 1520 g/mol. The van der Waals surface area contributed by atoms with E-state index in [0.717, 1.165) is 99.9 Å². The van der Waals surface area contributed by atoms with Crippen LogP contribution in [0.1, 0.15) is 104 Å². The normalized spacial score (nSPS) is 11.6. The number of fused-ring (bicyclic) bond motifs is 6. The van der Waals surface area contributed by atoms with Crippen molar-refractivity contribution >= 4 is 108 Å². The second-order valence-electron chi connectivity index (χ2n) is 25.5. The molecule has 11 aromatic heterocycles. The van der Waals surface area contributed by atoms with Gasteiger partial charge in [-0.3, -0.25) is 23.9 Å². The number of hydrogen-bond donors (Lipinski definition) is 7. The molecule has 3 unspecified atom stereocenters. The van der Waals surface area contributed by atoms with E-state index in [1.54, 1.807) is 77.1 Å². The Kier molecular flexibility index (Phi) is 22.7. The smallest absolute Gasteiger partial charge is 0.343 e. The Labute approximate surface area is 650 Å². The Morgan fingerprint density at radius 2 is 0.848 bits per heavy atom. The first kappa shape index (κ1) is 75.5. The van der Waals surface area contributed by atoms with Crippen molar-refractivity contribution in [3.8, 4) is 57.6 Å². The van der Waals surface area contributed by atoms with Crippen LogP contribution >= 0.6 is 23.2 Å². The second-order valence-corrected chi connectivity index (χ2v) is 26.3. The van der Waals surface area contributed by atoms with Gasteiger partial charge in [-0.15, -0.1) is 21.7 Å². The molecule has 17 aromatic rings. The number of benzene rings is 6. The first-order valence-electron chi connectivity index (χ1n) is 34.8. The number of carbonyl (C=O) groups excluding carboxylic acids is 2. The van der Waals surface area contributed by atoms with Crippen molar-refractivity contribution in [2.45, 2.75) is 38.9 Å². The minimum Gasteiger partial charge on any atom is -0.477 e. The molecular weight excluding hydrogens is 1450 g/mol. The fraction of sp³-hybridized carbons (Fsp3) is 0.0952. The van der Waals surface area contributed by atoms with Crippen LogP contribution in [-0.4, -0.2) is 101 Å². The number of nitrogens with one attached hydrogen (secondary N) is 2. The average molecular weight is 1520 g/mol. The van der Waals surface area contributed by atoms with Gasteiger partial charge < -0.3 is 38.7 Å². The molecule has 112 heavy (non-hydrogen) atoms. The topological polar surface area (TPSA) is 364 Å². The number of carbonyl (C=O) groups is 3. The largest absolute Gasteiger partial charge is 0.477 e. The number of pyridine rings is 3. The molecule has 11 N–H and O–H groups in total. The highest BCUT2D eigenvalue weighted by atomic mass is 35.5. The van der Waals surface area contributed by atoms with Gasteiger partial charge in [0.05, 0.1) is 69.2 Å². The lowest BCUT2D eigenvalue weighted by molar-refractivity contribution is 0.0699. The number of carboxylic acids is 1. The van der Waals surface area contributed by atoms with Crippen LogP contribution in [0.2, 0.25) is 10.0 Å². The van der Waals surface area contributed by atoms with Crippen molar-refractivity contribution < 1.29 is 19.5 Å². The Balaban J connectivity index is 0.000000134. The third-order valence-electron chi connectivity index (χ3n) is 17.6. The van der Waals surface area contributed by atoms with Crippen molar-refractivity contribution in [3.63, 3.8) is 0 Å². The van der Waals surface area contributed by atoms with Crippen LogP contribution in [0.4, 0.5) is 17.5 Å². The number of aromatic nitrogens is 16. The predicted molar refractivity (Wildman–Crippen MR) is 435 cm³/mol. The highest BCUT2D eigenvalue weighted by Crippen LogP contribution is 2.37. The Bertz CT molecular complexity index is 6460. The van der Waals surface area contributed by atoms with E-state index in [9.17, 15) is 14.4 Å². The van der Waals surface area contributed by atoms with Crippen LogP contribution in [0.5, 0.6) is 0 Å². The molecule has 0 aliphatic heterocycles. The molecule has 554 valence electrons. The number of carboxylic acid groups (broad SMARTS) is 1. The van der Waals surface area contributed by atoms with E-state index in [1.165, 1.54) is 19.7 Å². The summed E-state index contributed by atoms with van der Waals surface area (Å²) in [4.78, 5) is 64.2. The number of terminal acetylenes is 1. The summed E-state index contributed by atoms with van der Waals surface area (Å²) in [6.07, 6.45) is 21.8. The van der Waals surface area contributed by atoms with Gasteiger partial charge in [-0.25, -0.2) is 43.3 Å². The molecule has 28 heteroatoms. The zero-order chi connectivity index (χ0) is 78.7. The van der Waals surface area contributed by atoms with Gasteiger partial charge in [-0.1, -0.05) is 150 Å². The molecule has 0 aliphatic carbocycles. The summed E-state index contributed by atoms with van der Waals surface area (Å²) in [7, 11) is 3.70. The highest BCUT2D eigenvalue weighted by Gasteiger charge is 2.27. The maximum absolute atomic E-state index is 13.4. The molecule has 11 heterocycles.